The van der Waals surface area contributed by atoms with E-state index in [9.17, 15) is 0 Å². The van der Waals surface area contributed by atoms with Crippen molar-refractivity contribution < 1.29 is 0 Å². The Hall–Kier alpha value is -0.550. The smallest absolute Gasteiger partial charge is 0.0991 e. The lowest BCUT2D eigenvalue weighted by Crippen LogP contribution is -2.22. The minimum Gasteiger partial charge on any atom is -0.310 e. The summed E-state index contributed by atoms with van der Waals surface area (Å²) in [6, 6.07) is 4.16. The third-order valence-electron chi connectivity index (χ3n) is 2.90. The van der Waals surface area contributed by atoms with Crippen LogP contribution in [-0.4, -0.2) is 16.3 Å². The molecule has 0 aliphatic carbocycles. The van der Waals surface area contributed by atoms with Crippen LogP contribution in [0.2, 0.25) is 8.67 Å². The van der Waals surface area contributed by atoms with E-state index in [0.29, 0.717) is 0 Å². The summed E-state index contributed by atoms with van der Waals surface area (Å²) in [5, 5.41) is 7.58. The van der Waals surface area contributed by atoms with Crippen molar-refractivity contribution in [2.24, 2.45) is 7.05 Å². The zero-order valence-corrected chi connectivity index (χ0v) is 12.6. The molecule has 98 valence electrons. The van der Waals surface area contributed by atoms with Crippen LogP contribution in [0.25, 0.3) is 0 Å². The van der Waals surface area contributed by atoms with Crippen molar-refractivity contribution in [3.05, 3.63) is 38.3 Å². The third kappa shape index (κ3) is 3.26. The largest absolute Gasteiger partial charge is 0.310 e. The molecule has 18 heavy (non-hydrogen) atoms. The number of hydrogen-bond acceptors (Lipinski definition) is 3. The molecule has 0 saturated heterocycles. The zero-order valence-electron chi connectivity index (χ0n) is 10.3. The Labute approximate surface area is 121 Å². The summed E-state index contributed by atoms with van der Waals surface area (Å²) in [7, 11) is 1.95. The first kappa shape index (κ1) is 13.9. The molecule has 2 aromatic rings. The van der Waals surface area contributed by atoms with E-state index in [-0.39, 0.29) is 6.04 Å². The molecule has 0 saturated carbocycles. The van der Waals surface area contributed by atoms with Gasteiger partial charge in [-0.25, -0.2) is 0 Å². The fraction of sp³-hybridized carbons (Fsp3) is 0.417. The maximum atomic E-state index is 6.12. The predicted molar refractivity (Wildman–Crippen MR) is 77.7 cm³/mol. The van der Waals surface area contributed by atoms with Crippen molar-refractivity contribution in [3.63, 3.8) is 0 Å². The minimum absolute atomic E-state index is 0.203. The Bertz CT molecular complexity index is 521. The highest BCUT2D eigenvalue weighted by atomic mass is 35.5. The number of rotatable bonds is 5. The van der Waals surface area contributed by atoms with Gasteiger partial charge in [-0.05, 0) is 24.6 Å². The summed E-state index contributed by atoms with van der Waals surface area (Å²) < 4.78 is 3.39. The van der Waals surface area contributed by atoms with E-state index < -0.39 is 0 Å². The fourth-order valence-electron chi connectivity index (χ4n) is 1.82. The highest BCUT2D eigenvalue weighted by Gasteiger charge is 2.12. The predicted octanol–water partition coefficient (Wildman–Crippen LogP) is 3.68. The molecule has 0 aromatic carbocycles. The van der Waals surface area contributed by atoms with E-state index >= 15 is 0 Å². The first-order chi connectivity index (χ1) is 8.58. The van der Waals surface area contributed by atoms with E-state index in [0.717, 1.165) is 27.2 Å². The second-order valence-corrected chi connectivity index (χ2v) is 6.44. The van der Waals surface area contributed by atoms with Gasteiger partial charge in [0.25, 0.3) is 0 Å². The molecule has 0 aliphatic heterocycles. The van der Waals surface area contributed by atoms with Crippen molar-refractivity contribution in [1.82, 2.24) is 15.1 Å². The average molecular weight is 304 g/mol. The van der Waals surface area contributed by atoms with Crippen LogP contribution in [0, 0.1) is 0 Å². The maximum absolute atomic E-state index is 6.12. The lowest BCUT2D eigenvalue weighted by Gasteiger charge is -2.13. The van der Waals surface area contributed by atoms with E-state index in [2.05, 4.69) is 17.3 Å². The Kier molecular flexibility index (Phi) is 4.67. The van der Waals surface area contributed by atoms with Crippen LogP contribution in [0.4, 0.5) is 0 Å². The summed E-state index contributed by atoms with van der Waals surface area (Å²) in [6.07, 6.45) is 2.75. The average Bonchev–Trinajstić information content (AvgIpc) is 2.85. The number of nitrogens with zero attached hydrogens (tertiary/aromatic N) is 2. The van der Waals surface area contributed by atoms with Gasteiger partial charge in [0.2, 0.25) is 0 Å². The highest BCUT2D eigenvalue weighted by Crippen LogP contribution is 2.34. The van der Waals surface area contributed by atoms with Crippen LogP contribution in [0.5, 0.6) is 0 Å². The zero-order chi connectivity index (χ0) is 13.1. The molecule has 1 atom stereocenters. The summed E-state index contributed by atoms with van der Waals surface area (Å²) >= 11 is 13.5. The molecule has 1 unspecified atom stereocenters. The van der Waals surface area contributed by atoms with E-state index in [1.165, 1.54) is 17.0 Å². The summed E-state index contributed by atoms with van der Waals surface area (Å²) in [4.78, 5) is 0. The SMILES string of the molecule is CC(NCCc1ccnn1C)c1cc(Cl)sc1Cl. The number of aromatic nitrogens is 2. The molecule has 0 fully saturated rings. The fourth-order valence-corrected chi connectivity index (χ4v) is 3.47. The molecule has 2 aromatic heterocycles. The van der Waals surface area contributed by atoms with Gasteiger partial charge in [0.1, 0.15) is 0 Å². The van der Waals surface area contributed by atoms with Crippen molar-refractivity contribution in [2.75, 3.05) is 6.54 Å². The van der Waals surface area contributed by atoms with Crippen molar-refractivity contribution in [2.45, 2.75) is 19.4 Å². The van der Waals surface area contributed by atoms with Gasteiger partial charge < -0.3 is 5.32 Å². The molecule has 1 N–H and O–H groups in total. The van der Waals surface area contributed by atoms with Gasteiger partial charge in [-0.3, -0.25) is 4.68 Å². The lowest BCUT2D eigenvalue weighted by molar-refractivity contribution is 0.565. The molecule has 0 aliphatic rings. The first-order valence-electron chi connectivity index (χ1n) is 5.73. The molecular weight excluding hydrogens is 289 g/mol. The third-order valence-corrected chi connectivity index (χ3v) is 4.42. The normalized spacial score (nSPS) is 12.9. The quantitative estimate of drug-likeness (QED) is 0.913. The van der Waals surface area contributed by atoms with Gasteiger partial charge in [-0.15, -0.1) is 11.3 Å². The standard InChI is InChI=1S/C12H15Cl2N3S/c1-8(10-7-11(13)18-12(10)14)15-5-3-9-4-6-16-17(9)2/h4,6-8,15H,3,5H2,1-2H3. The highest BCUT2D eigenvalue weighted by molar-refractivity contribution is 7.20. The summed E-state index contributed by atoms with van der Waals surface area (Å²) in [6.45, 7) is 2.97. The van der Waals surface area contributed by atoms with Crippen molar-refractivity contribution in [3.8, 4) is 0 Å². The topological polar surface area (TPSA) is 29.9 Å². The molecule has 3 nitrogen and oxygen atoms in total. The molecule has 0 bridgehead atoms. The van der Waals surface area contributed by atoms with Gasteiger partial charge in [0, 0.05) is 37.9 Å². The summed E-state index contributed by atoms with van der Waals surface area (Å²) in [5.41, 5.74) is 2.28. The van der Waals surface area contributed by atoms with Crippen LogP contribution in [0.1, 0.15) is 24.2 Å². The molecule has 0 spiro atoms. The number of aryl methyl sites for hydroxylation is 1. The summed E-state index contributed by atoms with van der Waals surface area (Å²) in [5.74, 6) is 0. The number of thiophene rings is 1. The van der Waals surface area contributed by atoms with Crippen LogP contribution in [-0.2, 0) is 13.5 Å². The molecule has 2 rings (SSSR count). The Morgan fingerprint density at radius 2 is 2.28 bits per heavy atom. The Morgan fingerprint density at radius 1 is 1.50 bits per heavy atom. The lowest BCUT2D eigenvalue weighted by atomic mass is 10.2. The Morgan fingerprint density at radius 3 is 2.83 bits per heavy atom. The van der Waals surface area contributed by atoms with Crippen LogP contribution < -0.4 is 5.32 Å². The number of hydrogen-bond donors (Lipinski definition) is 1. The monoisotopic (exact) mass is 303 g/mol. The maximum Gasteiger partial charge on any atom is 0.0991 e. The van der Waals surface area contributed by atoms with Gasteiger partial charge in [-0.1, -0.05) is 23.2 Å². The number of halogens is 2. The van der Waals surface area contributed by atoms with Crippen LogP contribution >= 0.6 is 34.5 Å². The van der Waals surface area contributed by atoms with E-state index in [1.807, 2.05) is 30.1 Å². The van der Waals surface area contributed by atoms with E-state index in [1.54, 1.807) is 0 Å². The number of nitrogens with one attached hydrogen (secondary N) is 1. The van der Waals surface area contributed by atoms with Gasteiger partial charge in [-0.2, -0.15) is 5.10 Å². The minimum atomic E-state index is 0.203. The first-order valence-corrected chi connectivity index (χ1v) is 7.30. The molecule has 0 radical (unpaired) electrons. The molecule has 2 heterocycles. The van der Waals surface area contributed by atoms with Crippen molar-refractivity contribution in [1.29, 1.82) is 0 Å². The van der Waals surface area contributed by atoms with Crippen molar-refractivity contribution >= 4 is 34.5 Å². The molecule has 0 amide bonds. The second-order valence-electron chi connectivity index (χ2n) is 4.15. The van der Waals surface area contributed by atoms with Gasteiger partial charge >= 0.3 is 0 Å². The van der Waals surface area contributed by atoms with Gasteiger partial charge in [0.15, 0.2) is 0 Å². The van der Waals surface area contributed by atoms with Gasteiger partial charge in [0.05, 0.1) is 8.67 Å². The van der Waals surface area contributed by atoms with Crippen LogP contribution in [0.15, 0.2) is 18.3 Å². The Balaban J connectivity index is 1.87. The molecular formula is C12H15Cl2N3S. The molecule has 6 heteroatoms. The second kappa shape index (κ2) is 6.06. The van der Waals surface area contributed by atoms with Crippen LogP contribution in [0.3, 0.4) is 0 Å². The van der Waals surface area contributed by atoms with E-state index in [4.69, 9.17) is 23.2 Å².